The van der Waals surface area contributed by atoms with Crippen LogP contribution in [0.3, 0.4) is 0 Å². The van der Waals surface area contributed by atoms with E-state index < -0.39 is 5.97 Å². The molecule has 1 saturated heterocycles. The van der Waals surface area contributed by atoms with Crippen LogP contribution in [0.25, 0.3) is 0 Å². The Bertz CT molecular complexity index is 381. The van der Waals surface area contributed by atoms with Crippen molar-refractivity contribution in [3.05, 3.63) is 34.9 Å². The summed E-state index contributed by atoms with van der Waals surface area (Å²) in [5.41, 5.74) is 2.36. The lowest BCUT2D eigenvalue weighted by Crippen LogP contribution is -2.16. The second-order valence-corrected chi connectivity index (χ2v) is 4.04. The lowest BCUT2D eigenvalue weighted by molar-refractivity contribution is 0.0695. The standard InChI is InChI=1S/C12H15NO2/c1-8-4-5-9(10(7-8)12(14)15)11-3-2-6-13-11/h4-5,7,11,13H,2-3,6H2,1H3,(H,14,15)/t11-/m0/s1. The molecule has 15 heavy (non-hydrogen) atoms. The van der Waals surface area contributed by atoms with E-state index >= 15 is 0 Å². The molecule has 0 unspecified atom stereocenters. The van der Waals surface area contributed by atoms with Gasteiger partial charge in [0.1, 0.15) is 0 Å². The van der Waals surface area contributed by atoms with E-state index in [2.05, 4.69) is 5.32 Å². The molecule has 1 aromatic carbocycles. The Kier molecular flexibility index (Phi) is 2.73. The van der Waals surface area contributed by atoms with Gasteiger partial charge in [-0.2, -0.15) is 0 Å². The fraction of sp³-hybridized carbons (Fsp3) is 0.417. The fourth-order valence-corrected chi connectivity index (χ4v) is 2.11. The van der Waals surface area contributed by atoms with Crippen molar-refractivity contribution in [2.75, 3.05) is 6.54 Å². The van der Waals surface area contributed by atoms with Crippen molar-refractivity contribution >= 4 is 5.97 Å². The number of aryl methyl sites for hydroxylation is 1. The molecule has 0 bridgehead atoms. The molecule has 0 saturated carbocycles. The maximum absolute atomic E-state index is 11.1. The molecule has 0 aliphatic carbocycles. The van der Waals surface area contributed by atoms with Crippen molar-refractivity contribution in [2.45, 2.75) is 25.8 Å². The van der Waals surface area contributed by atoms with Crippen molar-refractivity contribution in [1.82, 2.24) is 5.32 Å². The Labute approximate surface area is 89.1 Å². The van der Waals surface area contributed by atoms with Crippen molar-refractivity contribution in [3.63, 3.8) is 0 Å². The summed E-state index contributed by atoms with van der Waals surface area (Å²) in [6, 6.07) is 5.87. The summed E-state index contributed by atoms with van der Waals surface area (Å²) < 4.78 is 0. The van der Waals surface area contributed by atoms with E-state index in [0.717, 1.165) is 30.5 Å². The van der Waals surface area contributed by atoms with Crippen LogP contribution in [0.2, 0.25) is 0 Å². The molecule has 0 amide bonds. The molecule has 1 heterocycles. The van der Waals surface area contributed by atoms with Crippen LogP contribution in [0.1, 0.15) is 40.4 Å². The summed E-state index contributed by atoms with van der Waals surface area (Å²) in [4.78, 5) is 11.1. The molecule has 0 radical (unpaired) electrons. The molecule has 0 aromatic heterocycles. The monoisotopic (exact) mass is 205 g/mol. The van der Waals surface area contributed by atoms with Crippen molar-refractivity contribution in [3.8, 4) is 0 Å². The number of aromatic carboxylic acids is 1. The van der Waals surface area contributed by atoms with Gasteiger partial charge in [0.15, 0.2) is 0 Å². The van der Waals surface area contributed by atoms with Crippen LogP contribution in [0.5, 0.6) is 0 Å². The Morgan fingerprint density at radius 3 is 2.93 bits per heavy atom. The van der Waals surface area contributed by atoms with Crippen molar-refractivity contribution in [2.24, 2.45) is 0 Å². The van der Waals surface area contributed by atoms with Gasteiger partial charge in [-0.1, -0.05) is 17.7 Å². The molecule has 3 nitrogen and oxygen atoms in total. The van der Waals surface area contributed by atoms with Gasteiger partial charge in [0.25, 0.3) is 0 Å². The number of hydrogen-bond acceptors (Lipinski definition) is 2. The molecule has 1 fully saturated rings. The molecule has 2 N–H and O–H groups in total. The SMILES string of the molecule is Cc1ccc([C@@H]2CCCN2)c(C(=O)O)c1. The van der Waals surface area contributed by atoms with Gasteiger partial charge in [0.05, 0.1) is 5.56 Å². The molecule has 1 atom stereocenters. The molecule has 1 aromatic rings. The van der Waals surface area contributed by atoms with Gasteiger partial charge in [-0.3, -0.25) is 0 Å². The van der Waals surface area contributed by atoms with Gasteiger partial charge >= 0.3 is 5.97 Å². The van der Waals surface area contributed by atoms with E-state index in [4.69, 9.17) is 5.11 Å². The van der Waals surface area contributed by atoms with E-state index in [9.17, 15) is 4.79 Å². The fourth-order valence-electron chi connectivity index (χ4n) is 2.11. The number of nitrogens with one attached hydrogen (secondary N) is 1. The van der Waals surface area contributed by atoms with Crippen molar-refractivity contribution < 1.29 is 9.90 Å². The summed E-state index contributed by atoms with van der Waals surface area (Å²) in [5.74, 6) is -0.831. The van der Waals surface area contributed by atoms with Crippen LogP contribution in [-0.2, 0) is 0 Å². The zero-order valence-corrected chi connectivity index (χ0v) is 8.79. The number of rotatable bonds is 2. The number of carboxylic acid groups (broad SMARTS) is 1. The Hall–Kier alpha value is -1.35. The van der Waals surface area contributed by atoms with E-state index in [1.807, 2.05) is 19.1 Å². The summed E-state index contributed by atoms with van der Waals surface area (Å²) in [6.45, 7) is 2.90. The van der Waals surface area contributed by atoms with Crippen LogP contribution >= 0.6 is 0 Å². The third-order valence-electron chi connectivity index (χ3n) is 2.87. The number of benzene rings is 1. The molecular formula is C12H15NO2. The second-order valence-electron chi connectivity index (χ2n) is 4.04. The van der Waals surface area contributed by atoms with E-state index in [1.165, 1.54) is 0 Å². The van der Waals surface area contributed by atoms with Gasteiger partial charge in [-0.25, -0.2) is 4.79 Å². The van der Waals surface area contributed by atoms with E-state index in [0.29, 0.717) is 5.56 Å². The number of carboxylic acids is 1. The zero-order chi connectivity index (χ0) is 10.8. The van der Waals surface area contributed by atoms with Crippen LogP contribution < -0.4 is 5.32 Å². The van der Waals surface area contributed by atoms with Crippen LogP contribution in [0, 0.1) is 6.92 Å². The smallest absolute Gasteiger partial charge is 0.336 e. The Balaban J connectivity index is 2.40. The first kappa shape index (κ1) is 10.2. The van der Waals surface area contributed by atoms with Gasteiger partial charge in [0.2, 0.25) is 0 Å². The zero-order valence-electron chi connectivity index (χ0n) is 8.79. The topological polar surface area (TPSA) is 49.3 Å². The summed E-state index contributed by atoms with van der Waals surface area (Å²) >= 11 is 0. The maximum atomic E-state index is 11.1. The summed E-state index contributed by atoms with van der Waals surface area (Å²) in [6.07, 6.45) is 2.15. The first-order valence-electron chi connectivity index (χ1n) is 5.25. The van der Waals surface area contributed by atoms with Gasteiger partial charge in [-0.05, 0) is 37.9 Å². The minimum absolute atomic E-state index is 0.219. The minimum atomic E-state index is -0.831. The molecule has 3 heteroatoms. The first-order valence-corrected chi connectivity index (χ1v) is 5.25. The van der Waals surface area contributed by atoms with Crippen molar-refractivity contribution in [1.29, 1.82) is 0 Å². The molecule has 0 spiro atoms. The van der Waals surface area contributed by atoms with E-state index in [-0.39, 0.29) is 6.04 Å². The third-order valence-corrected chi connectivity index (χ3v) is 2.87. The minimum Gasteiger partial charge on any atom is -0.478 e. The number of carbonyl (C=O) groups is 1. The molecular weight excluding hydrogens is 190 g/mol. The Morgan fingerprint density at radius 1 is 1.53 bits per heavy atom. The normalized spacial score (nSPS) is 20.5. The average molecular weight is 205 g/mol. The Morgan fingerprint density at radius 2 is 2.33 bits per heavy atom. The number of hydrogen-bond donors (Lipinski definition) is 2. The molecule has 1 aliphatic heterocycles. The highest BCUT2D eigenvalue weighted by atomic mass is 16.4. The first-order chi connectivity index (χ1) is 7.18. The van der Waals surface area contributed by atoms with Gasteiger partial charge in [-0.15, -0.1) is 0 Å². The lowest BCUT2D eigenvalue weighted by atomic mass is 9.97. The van der Waals surface area contributed by atoms with Crippen LogP contribution in [-0.4, -0.2) is 17.6 Å². The lowest BCUT2D eigenvalue weighted by Gasteiger charge is -2.14. The highest BCUT2D eigenvalue weighted by Crippen LogP contribution is 2.26. The molecule has 1 aliphatic rings. The third kappa shape index (κ3) is 2.02. The highest BCUT2D eigenvalue weighted by Gasteiger charge is 2.21. The predicted molar refractivity (Wildman–Crippen MR) is 58.1 cm³/mol. The highest BCUT2D eigenvalue weighted by molar-refractivity contribution is 5.89. The quantitative estimate of drug-likeness (QED) is 0.777. The molecule has 2 rings (SSSR count). The predicted octanol–water partition coefficient (Wildman–Crippen LogP) is 2.12. The van der Waals surface area contributed by atoms with Gasteiger partial charge < -0.3 is 10.4 Å². The van der Waals surface area contributed by atoms with Gasteiger partial charge in [0, 0.05) is 6.04 Å². The average Bonchev–Trinajstić information content (AvgIpc) is 2.70. The summed E-state index contributed by atoms with van der Waals surface area (Å²) in [5, 5.41) is 12.4. The van der Waals surface area contributed by atoms with Crippen LogP contribution in [0.15, 0.2) is 18.2 Å². The largest absolute Gasteiger partial charge is 0.478 e. The summed E-state index contributed by atoms with van der Waals surface area (Å²) in [7, 11) is 0. The van der Waals surface area contributed by atoms with E-state index in [1.54, 1.807) is 6.07 Å². The van der Waals surface area contributed by atoms with Crippen LogP contribution in [0.4, 0.5) is 0 Å². The second kappa shape index (κ2) is 4.03. The maximum Gasteiger partial charge on any atom is 0.336 e. The molecule has 80 valence electrons.